The summed E-state index contributed by atoms with van der Waals surface area (Å²) in [6.45, 7) is 17.5. The van der Waals surface area contributed by atoms with Crippen molar-refractivity contribution < 1.29 is 9.15 Å². The third kappa shape index (κ3) is 5.99. The van der Waals surface area contributed by atoms with E-state index in [4.69, 9.17) is 9.15 Å². The molecule has 0 amide bonds. The van der Waals surface area contributed by atoms with Gasteiger partial charge >= 0.3 is 0 Å². The Morgan fingerprint density at radius 3 is 2.81 bits per heavy atom. The number of aromatic nitrogens is 1. The number of nitrogens with zero attached hydrogens (tertiary/aromatic N) is 3. The summed E-state index contributed by atoms with van der Waals surface area (Å²) in [6.07, 6.45) is 1.80. The molecule has 1 saturated heterocycles. The van der Waals surface area contributed by atoms with E-state index in [0.717, 1.165) is 44.6 Å². The number of rotatable bonds is 6. The van der Waals surface area contributed by atoms with Crippen LogP contribution in [0.5, 0.6) is 0 Å². The van der Waals surface area contributed by atoms with Crippen molar-refractivity contribution in [2.45, 2.75) is 65.6 Å². The maximum absolute atomic E-state index is 5.82. The molecule has 0 aromatic carbocycles. The van der Waals surface area contributed by atoms with Crippen molar-refractivity contribution in [3.05, 3.63) is 17.8 Å². The number of oxazole rings is 1. The summed E-state index contributed by atoms with van der Waals surface area (Å²) in [6, 6.07) is 0.857. The topological polar surface area (TPSA) is 74.9 Å². The molecule has 1 fully saturated rings. The van der Waals surface area contributed by atoms with Crippen molar-refractivity contribution in [2.24, 2.45) is 4.99 Å². The van der Waals surface area contributed by atoms with Crippen molar-refractivity contribution in [1.82, 2.24) is 20.5 Å². The van der Waals surface area contributed by atoms with Crippen LogP contribution in [0, 0.1) is 0 Å². The van der Waals surface area contributed by atoms with E-state index in [1.54, 1.807) is 6.20 Å². The number of morpholine rings is 1. The second kappa shape index (κ2) is 9.37. The van der Waals surface area contributed by atoms with E-state index >= 15 is 0 Å². The van der Waals surface area contributed by atoms with Gasteiger partial charge in [-0.15, -0.1) is 0 Å². The van der Waals surface area contributed by atoms with Crippen molar-refractivity contribution in [2.75, 3.05) is 32.8 Å². The Morgan fingerprint density at radius 1 is 1.42 bits per heavy atom. The smallest absolute Gasteiger partial charge is 0.216 e. The van der Waals surface area contributed by atoms with Crippen LogP contribution in [0.3, 0.4) is 0 Å². The summed E-state index contributed by atoms with van der Waals surface area (Å²) < 4.78 is 11.3. The highest BCUT2D eigenvalue weighted by atomic mass is 16.5. The zero-order valence-corrected chi connectivity index (χ0v) is 17.1. The van der Waals surface area contributed by atoms with E-state index in [0.29, 0.717) is 24.5 Å². The van der Waals surface area contributed by atoms with Gasteiger partial charge in [0.05, 0.1) is 19.4 Å². The van der Waals surface area contributed by atoms with Crippen molar-refractivity contribution in [3.63, 3.8) is 0 Å². The van der Waals surface area contributed by atoms with Gasteiger partial charge in [0.1, 0.15) is 12.3 Å². The van der Waals surface area contributed by atoms with Crippen LogP contribution >= 0.6 is 0 Å². The van der Waals surface area contributed by atoms with Crippen LogP contribution in [-0.4, -0.2) is 60.8 Å². The van der Waals surface area contributed by atoms with Crippen molar-refractivity contribution in [1.29, 1.82) is 0 Å². The number of hydrogen-bond acceptors (Lipinski definition) is 5. The van der Waals surface area contributed by atoms with Gasteiger partial charge in [0.25, 0.3) is 0 Å². The van der Waals surface area contributed by atoms with E-state index in [2.05, 4.69) is 67.1 Å². The first kappa shape index (κ1) is 20.7. The van der Waals surface area contributed by atoms with E-state index in [1.807, 2.05) is 0 Å². The summed E-state index contributed by atoms with van der Waals surface area (Å²) in [7, 11) is 0. The van der Waals surface area contributed by atoms with Crippen LogP contribution in [0.25, 0.3) is 0 Å². The lowest BCUT2D eigenvalue weighted by Crippen LogP contribution is -2.53. The molecule has 7 nitrogen and oxygen atoms in total. The Balaban J connectivity index is 1.90. The molecule has 2 atom stereocenters. The van der Waals surface area contributed by atoms with E-state index < -0.39 is 0 Å². The van der Waals surface area contributed by atoms with Crippen LogP contribution in [0.2, 0.25) is 0 Å². The number of nitrogens with one attached hydrogen (secondary N) is 2. The van der Waals surface area contributed by atoms with E-state index in [1.165, 1.54) is 0 Å². The van der Waals surface area contributed by atoms with Gasteiger partial charge in [-0.3, -0.25) is 4.90 Å². The maximum atomic E-state index is 5.82. The average Bonchev–Trinajstić information content (AvgIpc) is 3.07. The van der Waals surface area contributed by atoms with Gasteiger partial charge in [0.15, 0.2) is 5.96 Å². The lowest BCUT2D eigenvalue weighted by Gasteiger charge is -2.38. The van der Waals surface area contributed by atoms with Gasteiger partial charge in [-0.25, -0.2) is 9.98 Å². The minimum absolute atomic E-state index is 0.0397. The first-order chi connectivity index (χ1) is 12.3. The van der Waals surface area contributed by atoms with Gasteiger partial charge in [-0.2, -0.15) is 0 Å². The monoisotopic (exact) mass is 365 g/mol. The molecule has 2 unspecified atom stereocenters. The molecule has 1 aromatic rings. The molecule has 148 valence electrons. The maximum Gasteiger partial charge on any atom is 0.216 e. The highest BCUT2D eigenvalue weighted by Gasteiger charge is 2.23. The van der Waals surface area contributed by atoms with Gasteiger partial charge < -0.3 is 19.8 Å². The third-order valence-electron chi connectivity index (χ3n) is 4.56. The molecule has 0 spiro atoms. The zero-order chi connectivity index (χ0) is 19.2. The molecule has 0 aliphatic carbocycles. The Labute approximate surface area is 157 Å². The minimum Gasteiger partial charge on any atom is -0.443 e. The molecule has 0 bridgehead atoms. The highest BCUT2D eigenvalue weighted by molar-refractivity contribution is 5.79. The Morgan fingerprint density at radius 2 is 2.19 bits per heavy atom. The van der Waals surface area contributed by atoms with Crippen molar-refractivity contribution >= 4 is 5.96 Å². The highest BCUT2D eigenvalue weighted by Crippen LogP contribution is 2.22. The lowest BCUT2D eigenvalue weighted by atomic mass is 9.94. The molecule has 1 aliphatic rings. The summed E-state index contributed by atoms with van der Waals surface area (Å²) in [5.41, 5.74) is -0.0397. The lowest BCUT2D eigenvalue weighted by molar-refractivity contribution is -0.0174. The predicted molar refractivity (Wildman–Crippen MR) is 104 cm³/mol. The molecule has 26 heavy (non-hydrogen) atoms. The summed E-state index contributed by atoms with van der Waals surface area (Å²) in [5, 5.41) is 6.72. The van der Waals surface area contributed by atoms with Crippen LogP contribution in [-0.2, 0) is 16.7 Å². The average molecular weight is 366 g/mol. The molecule has 1 aliphatic heterocycles. The van der Waals surface area contributed by atoms with Crippen LogP contribution < -0.4 is 10.6 Å². The fourth-order valence-corrected chi connectivity index (χ4v) is 2.97. The molecule has 0 radical (unpaired) electrons. The molecular weight excluding hydrogens is 330 g/mol. The molecule has 2 heterocycles. The standard InChI is InChI=1S/C19H35N5O2/c1-7-20-18(22-10-14(2)24-8-9-25-13-15(24)3)23-12-17-21-11-16(26-17)19(4,5)6/h11,14-15H,7-10,12-13H2,1-6H3,(H2,20,22,23). The fraction of sp³-hybridized carbons (Fsp3) is 0.789. The van der Waals surface area contributed by atoms with Crippen LogP contribution in [0.15, 0.2) is 15.6 Å². The predicted octanol–water partition coefficient (Wildman–Crippen LogP) is 2.14. The van der Waals surface area contributed by atoms with Crippen LogP contribution in [0.4, 0.5) is 0 Å². The summed E-state index contributed by atoms with van der Waals surface area (Å²) in [4.78, 5) is 11.4. The molecule has 2 N–H and O–H groups in total. The first-order valence-electron chi connectivity index (χ1n) is 9.62. The summed E-state index contributed by atoms with van der Waals surface area (Å²) in [5.74, 6) is 2.31. The molecule has 0 saturated carbocycles. The number of guanidine groups is 1. The Kier molecular flexibility index (Phi) is 7.46. The van der Waals surface area contributed by atoms with Gasteiger partial charge in [0, 0.05) is 37.1 Å². The fourth-order valence-electron chi connectivity index (χ4n) is 2.97. The number of hydrogen-bond donors (Lipinski definition) is 2. The van der Waals surface area contributed by atoms with E-state index in [-0.39, 0.29) is 5.41 Å². The normalized spacial score (nSPS) is 20.8. The molecular formula is C19H35N5O2. The Bertz CT molecular complexity index is 579. The Hall–Kier alpha value is -1.60. The largest absolute Gasteiger partial charge is 0.443 e. The number of aliphatic imine (C=N–C) groups is 1. The van der Waals surface area contributed by atoms with E-state index in [9.17, 15) is 0 Å². The number of ether oxygens (including phenoxy) is 1. The molecule has 2 rings (SSSR count). The van der Waals surface area contributed by atoms with Crippen LogP contribution in [0.1, 0.15) is 53.2 Å². The minimum atomic E-state index is -0.0397. The van der Waals surface area contributed by atoms with Crippen molar-refractivity contribution in [3.8, 4) is 0 Å². The SMILES string of the molecule is CCNC(=NCc1ncc(C(C)(C)C)o1)NCC(C)N1CCOCC1C. The zero-order valence-electron chi connectivity index (χ0n) is 17.1. The molecule has 7 heteroatoms. The quantitative estimate of drug-likeness (QED) is 0.594. The van der Waals surface area contributed by atoms with Gasteiger partial charge in [-0.1, -0.05) is 20.8 Å². The summed E-state index contributed by atoms with van der Waals surface area (Å²) >= 11 is 0. The second-order valence-corrected chi connectivity index (χ2v) is 7.96. The second-order valence-electron chi connectivity index (χ2n) is 7.96. The third-order valence-corrected chi connectivity index (χ3v) is 4.56. The first-order valence-corrected chi connectivity index (χ1v) is 9.62. The van der Waals surface area contributed by atoms with Gasteiger partial charge in [0.2, 0.25) is 5.89 Å². The van der Waals surface area contributed by atoms with Gasteiger partial charge in [-0.05, 0) is 20.8 Å². The molecule has 1 aromatic heterocycles.